The maximum atomic E-state index is 13.6. The van der Waals surface area contributed by atoms with Gasteiger partial charge in [-0.15, -0.1) is 0 Å². The molecule has 0 saturated heterocycles. The number of nitrogens with one attached hydrogen (secondary N) is 1. The Morgan fingerprint density at radius 2 is 1.67 bits per heavy atom. The smallest absolute Gasteiger partial charge is 0.161 e. The molecule has 0 bridgehead atoms. The highest BCUT2D eigenvalue weighted by Crippen LogP contribution is 2.19. The van der Waals surface area contributed by atoms with Crippen LogP contribution in [-0.4, -0.2) is 6.61 Å². The van der Waals surface area contributed by atoms with E-state index in [4.69, 9.17) is 4.74 Å². The number of benzene rings is 2. The van der Waals surface area contributed by atoms with Gasteiger partial charge in [-0.05, 0) is 19.1 Å². The molecule has 112 valence electrons. The van der Waals surface area contributed by atoms with E-state index in [1.54, 1.807) is 0 Å². The molecule has 0 aromatic heterocycles. The van der Waals surface area contributed by atoms with Crippen LogP contribution in [0.5, 0.6) is 0 Å². The number of hydrogen-bond donors (Lipinski definition) is 1. The average molecular weight is 295 g/mol. The van der Waals surface area contributed by atoms with Crippen molar-refractivity contribution in [3.8, 4) is 0 Å². The zero-order valence-electron chi connectivity index (χ0n) is 11.6. The second-order valence-corrected chi connectivity index (χ2v) is 4.51. The zero-order valence-corrected chi connectivity index (χ0v) is 11.6. The van der Waals surface area contributed by atoms with Crippen LogP contribution in [0.4, 0.5) is 18.9 Å². The summed E-state index contributed by atoms with van der Waals surface area (Å²) in [5, 5.41) is 3.02. The second kappa shape index (κ2) is 7.13. The molecule has 0 unspecified atom stereocenters. The van der Waals surface area contributed by atoms with Crippen molar-refractivity contribution in [2.75, 3.05) is 11.9 Å². The number of rotatable bonds is 6. The minimum atomic E-state index is -1.19. The maximum Gasteiger partial charge on any atom is 0.161 e. The standard InChI is InChI=1S/C16H16F3NO/c1-2-21-10-11-5-3-4-6-16(11)20-9-12-7-14(18)15(19)8-13(12)17/h3-8,20H,2,9-10H2,1H3. The highest BCUT2D eigenvalue weighted by Gasteiger charge is 2.10. The Morgan fingerprint density at radius 1 is 0.952 bits per heavy atom. The van der Waals surface area contributed by atoms with Crippen molar-refractivity contribution in [2.24, 2.45) is 0 Å². The fourth-order valence-corrected chi connectivity index (χ4v) is 1.92. The summed E-state index contributed by atoms with van der Waals surface area (Å²) in [4.78, 5) is 0. The molecule has 5 heteroatoms. The van der Waals surface area contributed by atoms with Crippen LogP contribution in [0, 0.1) is 17.5 Å². The van der Waals surface area contributed by atoms with Crippen molar-refractivity contribution in [1.29, 1.82) is 0 Å². The van der Waals surface area contributed by atoms with Crippen LogP contribution in [-0.2, 0) is 17.9 Å². The third-order valence-electron chi connectivity index (χ3n) is 3.04. The van der Waals surface area contributed by atoms with Gasteiger partial charge < -0.3 is 10.1 Å². The van der Waals surface area contributed by atoms with Crippen LogP contribution in [0.25, 0.3) is 0 Å². The first kappa shape index (κ1) is 15.4. The topological polar surface area (TPSA) is 21.3 Å². The van der Waals surface area contributed by atoms with E-state index >= 15 is 0 Å². The fraction of sp³-hybridized carbons (Fsp3) is 0.250. The van der Waals surface area contributed by atoms with E-state index in [1.165, 1.54) is 0 Å². The number of anilines is 1. The van der Waals surface area contributed by atoms with Gasteiger partial charge in [-0.3, -0.25) is 0 Å². The van der Waals surface area contributed by atoms with E-state index in [-0.39, 0.29) is 12.1 Å². The molecule has 0 radical (unpaired) electrons. The van der Waals surface area contributed by atoms with Crippen molar-refractivity contribution in [3.63, 3.8) is 0 Å². The molecular formula is C16H16F3NO. The van der Waals surface area contributed by atoms with E-state index in [0.717, 1.165) is 17.3 Å². The third-order valence-corrected chi connectivity index (χ3v) is 3.04. The monoisotopic (exact) mass is 295 g/mol. The van der Waals surface area contributed by atoms with E-state index in [0.29, 0.717) is 19.3 Å². The van der Waals surface area contributed by atoms with Gasteiger partial charge in [0, 0.05) is 36.0 Å². The molecule has 1 N–H and O–H groups in total. The molecule has 0 heterocycles. The first-order valence-corrected chi connectivity index (χ1v) is 6.64. The van der Waals surface area contributed by atoms with Crippen LogP contribution in [0.15, 0.2) is 36.4 Å². The average Bonchev–Trinajstić information content (AvgIpc) is 2.48. The Hall–Kier alpha value is -2.01. The molecule has 0 saturated carbocycles. The molecule has 0 aliphatic rings. The van der Waals surface area contributed by atoms with E-state index in [2.05, 4.69) is 5.32 Å². The maximum absolute atomic E-state index is 13.6. The van der Waals surface area contributed by atoms with Crippen molar-refractivity contribution in [2.45, 2.75) is 20.1 Å². The summed E-state index contributed by atoms with van der Waals surface area (Å²) in [6.07, 6.45) is 0. The van der Waals surface area contributed by atoms with Crippen LogP contribution < -0.4 is 5.32 Å². The lowest BCUT2D eigenvalue weighted by atomic mass is 10.1. The van der Waals surface area contributed by atoms with Gasteiger partial charge in [-0.1, -0.05) is 18.2 Å². The Bertz CT molecular complexity index is 616. The molecule has 2 nitrogen and oxygen atoms in total. The quantitative estimate of drug-likeness (QED) is 0.804. The summed E-state index contributed by atoms with van der Waals surface area (Å²) in [6, 6.07) is 8.84. The molecule has 21 heavy (non-hydrogen) atoms. The molecule has 2 aromatic carbocycles. The predicted molar refractivity (Wildman–Crippen MR) is 75.4 cm³/mol. The fourth-order valence-electron chi connectivity index (χ4n) is 1.92. The van der Waals surface area contributed by atoms with Crippen LogP contribution in [0.2, 0.25) is 0 Å². The Morgan fingerprint density at radius 3 is 2.43 bits per heavy atom. The van der Waals surface area contributed by atoms with Crippen molar-refractivity contribution >= 4 is 5.69 Å². The van der Waals surface area contributed by atoms with Gasteiger partial charge in [0.2, 0.25) is 0 Å². The summed E-state index contributed by atoms with van der Waals surface area (Å²) in [5.74, 6) is -3.02. The number of ether oxygens (including phenoxy) is 1. The first-order chi connectivity index (χ1) is 10.1. The van der Waals surface area contributed by atoms with Crippen LogP contribution in [0.3, 0.4) is 0 Å². The van der Waals surface area contributed by atoms with Crippen molar-refractivity contribution in [1.82, 2.24) is 0 Å². The highest BCUT2D eigenvalue weighted by atomic mass is 19.2. The zero-order chi connectivity index (χ0) is 15.2. The summed E-state index contributed by atoms with van der Waals surface area (Å²) in [5.41, 5.74) is 1.76. The minimum Gasteiger partial charge on any atom is -0.381 e. The highest BCUT2D eigenvalue weighted by molar-refractivity contribution is 5.51. The van der Waals surface area contributed by atoms with Crippen LogP contribution >= 0.6 is 0 Å². The second-order valence-electron chi connectivity index (χ2n) is 4.51. The van der Waals surface area contributed by atoms with Gasteiger partial charge in [-0.2, -0.15) is 0 Å². The number of halogens is 3. The Kier molecular flexibility index (Phi) is 5.22. The minimum absolute atomic E-state index is 0.0617. The molecule has 0 aliphatic heterocycles. The summed E-state index contributed by atoms with van der Waals surface area (Å²) in [6.45, 7) is 2.98. The van der Waals surface area contributed by atoms with Gasteiger partial charge >= 0.3 is 0 Å². The molecule has 0 aliphatic carbocycles. The normalized spacial score (nSPS) is 10.7. The summed E-state index contributed by atoms with van der Waals surface area (Å²) < 4.78 is 44.9. The van der Waals surface area contributed by atoms with Gasteiger partial charge in [0.25, 0.3) is 0 Å². The molecule has 2 rings (SSSR count). The lowest BCUT2D eigenvalue weighted by Crippen LogP contribution is -2.06. The molecule has 2 aromatic rings. The van der Waals surface area contributed by atoms with Gasteiger partial charge in [0.15, 0.2) is 11.6 Å². The number of hydrogen-bond acceptors (Lipinski definition) is 2. The van der Waals surface area contributed by atoms with E-state index in [9.17, 15) is 13.2 Å². The first-order valence-electron chi connectivity index (χ1n) is 6.64. The van der Waals surface area contributed by atoms with Gasteiger partial charge in [0.05, 0.1) is 6.61 Å². The molecule has 0 amide bonds. The molecule has 0 spiro atoms. The summed E-state index contributed by atoms with van der Waals surface area (Å²) in [7, 11) is 0. The predicted octanol–water partition coefficient (Wildman–Crippen LogP) is 4.25. The Labute approximate surface area is 121 Å². The molecule has 0 atom stereocenters. The molecular weight excluding hydrogens is 279 g/mol. The van der Waals surface area contributed by atoms with Gasteiger partial charge in [0.1, 0.15) is 5.82 Å². The SMILES string of the molecule is CCOCc1ccccc1NCc1cc(F)c(F)cc1F. The van der Waals surface area contributed by atoms with E-state index < -0.39 is 17.5 Å². The van der Waals surface area contributed by atoms with Crippen molar-refractivity contribution in [3.05, 3.63) is 65.0 Å². The largest absolute Gasteiger partial charge is 0.381 e. The number of para-hydroxylation sites is 1. The Balaban J connectivity index is 2.11. The van der Waals surface area contributed by atoms with Gasteiger partial charge in [-0.25, -0.2) is 13.2 Å². The lowest BCUT2D eigenvalue weighted by molar-refractivity contribution is 0.134. The lowest BCUT2D eigenvalue weighted by Gasteiger charge is -2.12. The third kappa shape index (κ3) is 3.98. The molecule has 0 fully saturated rings. The summed E-state index contributed by atoms with van der Waals surface area (Å²) >= 11 is 0. The van der Waals surface area contributed by atoms with E-state index in [1.807, 2.05) is 31.2 Å². The van der Waals surface area contributed by atoms with Crippen molar-refractivity contribution < 1.29 is 17.9 Å². The van der Waals surface area contributed by atoms with Crippen LogP contribution in [0.1, 0.15) is 18.1 Å².